The van der Waals surface area contributed by atoms with E-state index in [9.17, 15) is 27.6 Å². The van der Waals surface area contributed by atoms with E-state index >= 15 is 0 Å². The van der Waals surface area contributed by atoms with Crippen molar-refractivity contribution in [3.8, 4) is 0 Å². The highest BCUT2D eigenvalue weighted by Gasteiger charge is 2.53. The Bertz CT molecular complexity index is 1060. The summed E-state index contributed by atoms with van der Waals surface area (Å²) < 4.78 is 35.4. The van der Waals surface area contributed by atoms with Gasteiger partial charge in [0.05, 0.1) is 13.1 Å². The molecule has 4 bridgehead atoms. The zero-order valence-corrected chi connectivity index (χ0v) is 19.2. The van der Waals surface area contributed by atoms with Gasteiger partial charge < -0.3 is 21.3 Å². The molecule has 180 valence electrons. The SMILES string of the molecule is CC1=C(C)[C@@H]2CN(C(=O)N2OS(=O)(=O)ON2C(=O)N3C[C@H]2C(C)=C(C)[C@H]3C(N)=O)[C@@H]1C(N)=O. The van der Waals surface area contributed by atoms with Crippen LogP contribution in [0.15, 0.2) is 22.3 Å². The van der Waals surface area contributed by atoms with Gasteiger partial charge in [0.1, 0.15) is 24.2 Å². The highest BCUT2D eigenvalue weighted by atomic mass is 32.3. The number of hydrogen-bond donors (Lipinski definition) is 2. The summed E-state index contributed by atoms with van der Waals surface area (Å²) in [4.78, 5) is 51.5. The fourth-order valence-corrected chi connectivity index (χ4v) is 5.55. The second-order valence-electron chi connectivity index (χ2n) is 8.45. The molecule has 15 heteroatoms. The van der Waals surface area contributed by atoms with Gasteiger partial charge >= 0.3 is 22.5 Å². The first-order chi connectivity index (χ1) is 15.3. The summed E-state index contributed by atoms with van der Waals surface area (Å²) in [5.74, 6) is -1.52. The number of nitrogens with two attached hydrogens (primary N) is 2. The van der Waals surface area contributed by atoms with Crippen LogP contribution in [0.1, 0.15) is 27.7 Å². The van der Waals surface area contributed by atoms with E-state index in [1.54, 1.807) is 27.7 Å². The predicted molar refractivity (Wildman–Crippen MR) is 109 cm³/mol. The largest absolute Gasteiger partial charge is 0.442 e. The second-order valence-corrected chi connectivity index (χ2v) is 9.57. The van der Waals surface area contributed by atoms with Crippen LogP contribution in [0.4, 0.5) is 9.59 Å². The van der Waals surface area contributed by atoms with E-state index in [0.717, 1.165) is 9.80 Å². The number of carbonyl (C=O) groups excluding carboxylic acids is 4. The molecule has 0 aromatic rings. The van der Waals surface area contributed by atoms with Gasteiger partial charge in [-0.2, -0.15) is 18.5 Å². The quantitative estimate of drug-likeness (QED) is 0.436. The second kappa shape index (κ2) is 7.43. The summed E-state index contributed by atoms with van der Waals surface area (Å²) in [6.45, 7) is 6.50. The number of urea groups is 2. The van der Waals surface area contributed by atoms with Crippen LogP contribution in [0.3, 0.4) is 0 Å². The molecule has 33 heavy (non-hydrogen) atoms. The fourth-order valence-electron chi connectivity index (χ4n) is 4.79. The van der Waals surface area contributed by atoms with Crippen LogP contribution in [0, 0.1) is 0 Å². The molecule has 14 nitrogen and oxygen atoms in total. The van der Waals surface area contributed by atoms with Crippen LogP contribution in [-0.4, -0.2) is 89.5 Å². The first-order valence-corrected chi connectivity index (χ1v) is 11.4. The van der Waals surface area contributed by atoms with E-state index in [1.165, 1.54) is 0 Å². The highest BCUT2D eigenvalue weighted by Crippen LogP contribution is 2.37. The molecular formula is C18H24N6O8S. The average Bonchev–Trinajstić information content (AvgIpc) is 3.13. The molecule has 0 aromatic carbocycles. The van der Waals surface area contributed by atoms with Crippen molar-refractivity contribution in [2.75, 3.05) is 13.1 Å². The maximum Gasteiger partial charge on any atom is 0.442 e. The Morgan fingerprint density at radius 3 is 1.39 bits per heavy atom. The number of rotatable bonds is 6. The molecule has 4 aliphatic rings. The third-order valence-electron chi connectivity index (χ3n) is 6.74. The molecule has 2 fully saturated rings. The number of amides is 6. The lowest BCUT2D eigenvalue weighted by atomic mass is 9.93. The monoisotopic (exact) mass is 484 g/mol. The number of hydroxylamine groups is 4. The van der Waals surface area contributed by atoms with Gasteiger partial charge in [0.25, 0.3) is 0 Å². The topological polar surface area (TPSA) is 186 Å². The molecule has 4 aliphatic heterocycles. The number of hydrogen-bond acceptors (Lipinski definition) is 8. The summed E-state index contributed by atoms with van der Waals surface area (Å²) in [5, 5.41) is 1.18. The Morgan fingerprint density at radius 1 is 0.758 bits per heavy atom. The summed E-state index contributed by atoms with van der Waals surface area (Å²) in [6.07, 6.45) is 0. The van der Waals surface area contributed by atoms with Gasteiger partial charge in [0.2, 0.25) is 11.8 Å². The Kier molecular flexibility index (Phi) is 5.18. The molecule has 0 radical (unpaired) electrons. The first-order valence-electron chi connectivity index (χ1n) is 10.0. The van der Waals surface area contributed by atoms with Crippen LogP contribution < -0.4 is 11.5 Å². The number of nitrogens with zero attached hydrogens (tertiary/aromatic N) is 4. The summed E-state index contributed by atoms with van der Waals surface area (Å²) in [7, 11) is -4.97. The third kappa shape index (κ3) is 3.34. The molecule has 0 saturated carbocycles. The molecule has 4 heterocycles. The zero-order chi connectivity index (χ0) is 24.6. The van der Waals surface area contributed by atoms with E-state index < -0.39 is 58.4 Å². The molecule has 4 rings (SSSR count). The highest BCUT2D eigenvalue weighted by molar-refractivity contribution is 7.81. The van der Waals surface area contributed by atoms with Crippen molar-refractivity contribution < 1.29 is 36.2 Å². The normalized spacial score (nSPS) is 29.6. The summed E-state index contributed by atoms with van der Waals surface area (Å²) >= 11 is 0. The Morgan fingerprint density at radius 2 is 1.09 bits per heavy atom. The average molecular weight is 484 g/mol. The van der Waals surface area contributed by atoms with Crippen LogP contribution in [0.25, 0.3) is 0 Å². The van der Waals surface area contributed by atoms with Gasteiger partial charge in [0.15, 0.2) is 0 Å². The van der Waals surface area contributed by atoms with Crippen LogP contribution in [-0.2, 0) is 28.6 Å². The third-order valence-corrected chi connectivity index (χ3v) is 7.43. The van der Waals surface area contributed by atoms with Gasteiger partial charge in [0, 0.05) is 0 Å². The number of fused-ring (bicyclic) bond motifs is 4. The molecule has 4 N–H and O–H groups in total. The fraction of sp³-hybridized carbons (Fsp3) is 0.556. The smallest absolute Gasteiger partial charge is 0.368 e. The van der Waals surface area contributed by atoms with Crippen molar-refractivity contribution in [2.45, 2.75) is 51.9 Å². The van der Waals surface area contributed by atoms with Crippen molar-refractivity contribution in [1.82, 2.24) is 19.9 Å². The van der Waals surface area contributed by atoms with Crippen LogP contribution >= 0.6 is 0 Å². The van der Waals surface area contributed by atoms with Gasteiger partial charge in [-0.3, -0.25) is 9.59 Å². The van der Waals surface area contributed by atoms with E-state index in [4.69, 9.17) is 20.0 Å². The Balaban J connectivity index is 1.57. The van der Waals surface area contributed by atoms with Crippen LogP contribution in [0.5, 0.6) is 0 Å². The van der Waals surface area contributed by atoms with Gasteiger partial charge in [-0.1, -0.05) is 0 Å². The lowest BCUT2D eigenvalue weighted by Crippen LogP contribution is -2.49. The van der Waals surface area contributed by atoms with E-state index in [0.29, 0.717) is 32.4 Å². The molecule has 4 atom stereocenters. The van der Waals surface area contributed by atoms with Gasteiger partial charge in [-0.25, -0.2) is 9.59 Å². The van der Waals surface area contributed by atoms with Crippen molar-refractivity contribution in [1.29, 1.82) is 0 Å². The minimum atomic E-state index is -4.97. The van der Waals surface area contributed by atoms with Gasteiger partial charge in [-0.15, -0.1) is 8.57 Å². The molecule has 0 unspecified atom stereocenters. The lowest BCUT2D eigenvalue weighted by molar-refractivity contribution is -0.121. The van der Waals surface area contributed by atoms with Gasteiger partial charge in [-0.05, 0) is 50.0 Å². The molecular weight excluding hydrogens is 460 g/mol. The minimum Gasteiger partial charge on any atom is -0.368 e. The predicted octanol–water partition coefficient (Wildman–Crippen LogP) is -1.29. The van der Waals surface area contributed by atoms with Crippen molar-refractivity contribution in [3.63, 3.8) is 0 Å². The molecule has 2 saturated heterocycles. The van der Waals surface area contributed by atoms with Crippen molar-refractivity contribution in [2.24, 2.45) is 11.5 Å². The zero-order valence-electron chi connectivity index (χ0n) is 18.3. The first kappa shape index (κ1) is 23.0. The summed E-state index contributed by atoms with van der Waals surface area (Å²) in [5.41, 5.74) is 13.0. The standard InChI is InChI=1S/C18H24N6O8S/c1-7-9(3)13(15(19)25)21-5-11(7)23(17(21)27)31-33(29,30)32-24-12-6-22(18(24)28)14(16(20)26)10(4)8(12)2/h11-14H,5-6H2,1-4H3,(H2,19,25)(H2,20,26)/t11-,12-,13-,14-/m0/s1. The van der Waals surface area contributed by atoms with Crippen molar-refractivity contribution in [3.05, 3.63) is 22.3 Å². The van der Waals surface area contributed by atoms with Crippen LogP contribution in [0.2, 0.25) is 0 Å². The Hall–Kier alpha value is -3.17. The lowest BCUT2D eigenvalue weighted by Gasteiger charge is -2.30. The van der Waals surface area contributed by atoms with Crippen molar-refractivity contribution >= 4 is 34.3 Å². The molecule has 0 spiro atoms. The summed E-state index contributed by atoms with van der Waals surface area (Å²) in [6, 6.07) is -5.43. The molecule has 0 aromatic heterocycles. The molecule has 6 amide bonds. The number of carbonyl (C=O) groups is 4. The minimum absolute atomic E-state index is 0.00842. The Labute approximate surface area is 189 Å². The molecule has 0 aliphatic carbocycles. The van der Waals surface area contributed by atoms with E-state index in [1.807, 2.05) is 0 Å². The maximum atomic E-state index is 12.8. The maximum absolute atomic E-state index is 12.8. The van der Waals surface area contributed by atoms with E-state index in [-0.39, 0.29) is 13.1 Å². The van der Waals surface area contributed by atoms with E-state index in [2.05, 4.69) is 0 Å². The number of primary amides is 2.